The zero-order valence-electron chi connectivity index (χ0n) is 5.62. The fourth-order valence-electron chi connectivity index (χ4n) is 0.596. The number of carboxylic acid groups (broad SMARTS) is 2. The van der Waals surface area contributed by atoms with Gasteiger partial charge in [0.05, 0.1) is 0 Å². The highest BCUT2D eigenvalue weighted by atomic mass is 16.4. The molecule has 0 saturated heterocycles. The molecule has 0 unspecified atom stereocenters. The van der Waals surface area contributed by atoms with Crippen molar-refractivity contribution in [2.45, 2.75) is 19.8 Å². The van der Waals surface area contributed by atoms with Gasteiger partial charge in [-0.15, -0.1) is 0 Å². The Kier molecular flexibility index (Phi) is 3.46. The van der Waals surface area contributed by atoms with Crippen LogP contribution in [0.5, 0.6) is 0 Å². The van der Waals surface area contributed by atoms with Gasteiger partial charge in [0.2, 0.25) is 0 Å². The molecular weight excluding hydrogens is 136 g/mol. The minimum absolute atomic E-state index is 0.260. The van der Waals surface area contributed by atoms with Crippen LogP contribution in [0.3, 0.4) is 0 Å². The van der Waals surface area contributed by atoms with Gasteiger partial charge < -0.3 is 19.8 Å². The van der Waals surface area contributed by atoms with Crippen molar-refractivity contribution in [1.29, 1.82) is 0 Å². The zero-order valence-corrected chi connectivity index (χ0v) is 5.62. The van der Waals surface area contributed by atoms with E-state index in [1.54, 1.807) is 6.92 Å². The normalized spacial score (nSPS) is 12.5. The molecule has 4 heteroatoms. The average molecular weight is 144 g/mol. The summed E-state index contributed by atoms with van der Waals surface area (Å²) in [6.45, 7) is 1.59. The molecule has 0 aromatic carbocycles. The van der Waals surface area contributed by atoms with E-state index in [9.17, 15) is 19.8 Å². The van der Waals surface area contributed by atoms with Gasteiger partial charge in [-0.3, -0.25) is 0 Å². The zero-order chi connectivity index (χ0) is 8.15. The van der Waals surface area contributed by atoms with Crippen LogP contribution in [0.15, 0.2) is 0 Å². The highest BCUT2D eigenvalue weighted by Crippen LogP contribution is 2.04. The number of hydrogen-bond acceptors (Lipinski definition) is 4. The van der Waals surface area contributed by atoms with Crippen molar-refractivity contribution in [2.75, 3.05) is 0 Å². The molecule has 0 fully saturated rings. The first kappa shape index (κ1) is 8.94. The third-order valence-electron chi connectivity index (χ3n) is 1.24. The lowest BCUT2D eigenvalue weighted by Gasteiger charge is -2.15. The summed E-state index contributed by atoms with van der Waals surface area (Å²) in [4.78, 5) is 19.9. The fraction of sp³-hybridized carbons (Fsp3) is 0.667. The quantitative estimate of drug-likeness (QED) is 0.452. The van der Waals surface area contributed by atoms with Crippen LogP contribution in [0, 0.1) is 5.92 Å². The molecular formula is C6H8O4-2. The lowest BCUT2D eigenvalue weighted by atomic mass is 10.0. The summed E-state index contributed by atoms with van der Waals surface area (Å²) in [5, 5.41) is 19.9. The largest absolute Gasteiger partial charge is 0.550 e. The Morgan fingerprint density at radius 2 is 1.90 bits per heavy atom. The number of rotatable bonds is 4. The molecule has 0 aliphatic carbocycles. The molecule has 4 nitrogen and oxygen atoms in total. The molecule has 10 heavy (non-hydrogen) atoms. The van der Waals surface area contributed by atoms with E-state index in [2.05, 4.69) is 0 Å². The standard InChI is InChI=1S/C6H10O4/c1-2-4(6(9)10)3-5(7)8/h4H,2-3H2,1H3,(H,7,8)(H,9,10)/p-2/t4-/m0/s1. The Bertz CT molecular complexity index is 141. The molecule has 0 aromatic heterocycles. The van der Waals surface area contributed by atoms with E-state index < -0.39 is 24.3 Å². The van der Waals surface area contributed by atoms with E-state index in [0.29, 0.717) is 0 Å². The second-order valence-electron chi connectivity index (χ2n) is 2.00. The van der Waals surface area contributed by atoms with E-state index in [0.717, 1.165) is 0 Å². The molecule has 0 radical (unpaired) electrons. The Morgan fingerprint density at radius 3 is 2.00 bits per heavy atom. The molecule has 0 rings (SSSR count). The maximum Gasteiger partial charge on any atom is 0.0448 e. The number of carboxylic acids is 2. The van der Waals surface area contributed by atoms with Crippen molar-refractivity contribution in [1.82, 2.24) is 0 Å². The second-order valence-corrected chi connectivity index (χ2v) is 2.00. The first-order chi connectivity index (χ1) is 4.57. The molecule has 0 aromatic rings. The molecule has 0 aliphatic heterocycles. The van der Waals surface area contributed by atoms with Gasteiger partial charge in [0.1, 0.15) is 0 Å². The third-order valence-corrected chi connectivity index (χ3v) is 1.24. The Labute approximate surface area is 58.5 Å². The number of aliphatic carboxylic acids is 2. The van der Waals surface area contributed by atoms with Gasteiger partial charge in [0, 0.05) is 17.9 Å². The lowest BCUT2D eigenvalue weighted by molar-refractivity contribution is -0.320. The van der Waals surface area contributed by atoms with Crippen molar-refractivity contribution in [3.8, 4) is 0 Å². The van der Waals surface area contributed by atoms with Crippen LogP contribution >= 0.6 is 0 Å². The van der Waals surface area contributed by atoms with Gasteiger partial charge in [0.15, 0.2) is 0 Å². The minimum atomic E-state index is -1.35. The Balaban J connectivity index is 3.83. The Hall–Kier alpha value is -1.06. The molecule has 58 valence electrons. The van der Waals surface area contributed by atoms with Gasteiger partial charge in [-0.1, -0.05) is 6.92 Å². The second kappa shape index (κ2) is 3.87. The first-order valence-corrected chi connectivity index (χ1v) is 2.98. The topological polar surface area (TPSA) is 80.3 Å². The van der Waals surface area contributed by atoms with Crippen molar-refractivity contribution in [3.05, 3.63) is 0 Å². The predicted octanol–water partition coefficient (Wildman–Crippen LogP) is -2.10. The molecule has 0 heterocycles. The van der Waals surface area contributed by atoms with Crippen LogP contribution in [-0.4, -0.2) is 11.9 Å². The summed E-state index contributed by atoms with van der Waals surface area (Å²) in [5.41, 5.74) is 0. The average Bonchev–Trinajstić information content (AvgIpc) is 1.81. The van der Waals surface area contributed by atoms with Gasteiger partial charge in [-0.25, -0.2) is 0 Å². The van der Waals surface area contributed by atoms with Crippen LogP contribution in [0.4, 0.5) is 0 Å². The summed E-state index contributed by atoms with van der Waals surface area (Å²) in [6, 6.07) is 0. The molecule has 0 bridgehead atoms. The van der Waals surface area contributed by atoms with E-state index in [-0.39, 0.29) is 6.42 Å². The van der Waals surface area contributed by atoms with Gasteiger partial charge in [-0.05, 0) is 12.8 Å². The summed E-state index contributed by atoms with van der Waals surface area (Å²) in [7, 11) is 0. The summed E-state index contributed by atoms with van der Waals surface area (Å²) in [6.07, 6.45) is -0.199. The summed E-state index contributed by atoms with van der Waals surface area (Å²) in [5.74, 6) is -3.59. The maximum atomic E-state index is 10.1. The molecule has 0 amide bonds. The van der Waals surface area contributed by atoms with E-state index >= 15 is 0 Å². The summed E-state index contributed by atoms with van der Waals surface area (Å²) < 4.78 is 0. The van der Waals surface area contributed by atoms with Crippen molar-refractivity contribution in [2.24, 2.45) is 5.92 Å². The number of hydrogen-bond donors (Lipinski definition) is 0. The summed E-state index contributed by atoms with van der Waals surface area (Å²) >= 11 is 0. The smallest absolute Gasteiger partial charge is 0.0448 e. The van der Waals surface area contributed by atoms with Crippen LogP contribution in [0.2, 0.25) is 0 Å². The predicted molar refractivity (Wildman–Crippen MR) is 28.4 cm³/mol. The molecule has 0 saturated carbocycles. The fourth-order valence-corrected chi connectivity index (χ4v) is 0.596. The van der Waals surface area contributed by atoms with Crippen LogP contribution < -0.4 is 10.2 Å². The molecule has 0 spiro atoms. The number of carbonyl (C=O) groups is 2. The molecule has 0 aliphatic rings. The third kappa shape index (κ3) is 3.06. The van der Waals surface area contributed by atoms with Crippen LogP contribution in [-0.2, 0) is 9.59 Å². The van der Waals surface area contributed by atoms with Gasteiger partial charge in [-0.2, -0.15) is 0 Å². The van der Waals surface area contributed by atoms with Crippen molar-refractivity contribution in [3.63, 3.8) is 0 Å². The monoisotopic (exact) mass is 144 g/mol. The van der Waals surface area contributed by atoms with E-state index in [1.165, 1.54) is 0 Å². The van der Waals surface area contributed by atoms with Crippen LogP contribution in [0.1, 0.15) is 19.8 Å². The van der Waals surface area contributed by atoms with Gasteiger partial charge >= 0.3 is 0 Å². The van der Waals surface area contributed by atoms with Crippen molar-refractivity contribution >= 4 is 11.9 Å². The minimum Gasteiger partial charge on any atom is -0.550 e. The Morgan fingerprint density at radius 1 is 1.40 bits per heavy atom. The molecule has 1 atom stereocenters. The maximum absolute atomic E-state index is 10.1. The highest BCUT2D eigenvalue weighted by Gasteiger charge is 2.06. The highest BCUT2D eigenvalue weighted by molar-refractivity contribution is 5.75. The van der Waals surface area contributed by atoms with Crippen LogP contribution in [0.25, 0.3) is 0 Å². The molecule has 0 N–H and O–H groups in total. The first-order valence-electron chi connectivity index (χ1n) is 2.98. The SMILES string of the molecule is CC[C@@H](CC(=O)[O-])C(=O)[O-]. The van der Waals surface area contributed by atoms with Gasteiger partial charge in [0.25, 0.3) is 0 Å². The van der Waals surface area contributed by atoms with E-state index in [1.807, 2.05) is 0 Å². The van der Waals surface area contributed by atoms with Crippen molar-refractivity contribution < 1.29 is 19.8 Å². The number of carbonyl (C=O) groups excluding carboxylic acids is 2. The lowest BCUT2D eigenvalue weighted by Crippen LogP contribution is -2.35. The van der Waals surface area contributed by atoms with E-state index in [4.69, 9.17) is 0 Å².